The number of hydrogen-bond acceptors (Lipinski definition) is 2. The Kier molecular flexibility index (Phi) is 5.39. The van der Waals surface area contributed by atoms with Gasteiger partial charge in [0.2, 0.25) is 0 Å². The Bertz CT molecular complexity index is 368. The summed E-state index contributed by atoms with van der Waals surface area (Å²) in [7, 11) is 0. The highest BCUT2D eigenvalue weighted by Crippen LogP contribution is 2.33. The summed E-state index contributed by atoms with van der Waals surface area (Å²) in [5, 5.41) is 0. The molecule has 0 fully saturated rings. The van der Waals surface area contributed by atoms with E-state index in [1.807, 2.05) is 18.2 Å². The number of rotatable bonds is 5. The molecule has 0 N–H and O–H groups in total. The molecule has 1 aromatic carbocycles. The molecule has 100 valence electrons. The maximum Gasteiger partial charge on any atom is 0.302 e. The van der Waals surface area contributed by atoms with Gasteiger partial charge in [0.15, 0.2) is 0 Å². The average Bonchev–Trinajstić information content (AvgIpc) is 2.28. The normalized spacial score (nSPS) is 14.6. The summed E-state index contributed by atoms with van der Waals surface area (Å²) in [6.07, 6.45) is -0.0649. The minimum absolute atomic E-state index is 0.0649. The fourth-order valence-electron chi connectivity index (χ4n) is 2.44. The first-order valence-electron chi connectivity index (χ1n) is 6.65. The monoisotopic (exact) mass is 248 g/mol. The zero-order valence-electron chi connectivity index (χ0n) is 12.0. The maximum absolute atomic E-state index is 11.3. The second-order valence-electron chi connectivity index (χ2n) is 5.50. The van der Waals surface area contributed by atoms with E-state index in [0.29, 0.717) is 11.8 Å². The second-order valence-corrected chi connectivity index (χ2v) is 5.50. The quantitative estimate of drug-likeness (QED) is 0.736. The number of carbonyl (C=O) groups excluding carboxylic acids is 1. The summed E-state index contributed by atoms with van der Waals surface area (Å²) in [6, 6.07) is 10.3. The van der Waals surface area contributed by atoms with E-state index in [1.165, 1.54) is 12.5 Å². The van der Waals surface area contributed by atoms with Gasteiger partial charge in [0.1, 0.15) is 6.10 Å². The molecule has 0 heterocycles. The Balaban J connectivity index is 3.05. The van der Waals surface area contributed by atoms with Gasteiger partial charge in [-0.2, -0.15) is 0 Å². The molecule has 0 aliphatic carbocycles. The SMILES string of the molecule is CC(=O)O[C@H](C(C)C)[C@H](c1ccccc1)C(C)C. The van der Waals surface area contributed by atoms with Gasteiger partial charge < -0.3 is 4.74 Å². The van der Waals surface area contributed by atoms with Crippen molar-refractivity contribution in [2.45, 2.75) is 46.6 Å². The predicted molar refractivity (Wildman–Crippen MR) is 74.4 cm³/mol. The van der Waals surface area contributed by atoms with Crippen LogP contribution in [0.4, 0.5) is 0 Å². The highest BCUT2D eigenvalue weighted by molar-refractivity contribution is 5.66. The minimum Gasteiger partial charge on any atom is -0.462 e. The number of hydrogen-bond donors (Lipinski definition) is 0. The Morgan fingerprint density at radius 1 is 1.00 bits per heavy atom. The topological polar surface area (TPSA) is 26.3 Å². The highest BCUT2D eigenvalue weighted by atomic mass is 16.5. The molecule has 0 saturated heterocycles. The van der Waals surface area contributed by atoms with Crippen molar-refractivity contribution in [1.29, 1.82) is 0 Å². The molecule has 2 heteroatoms. The lowest BCUT2D eigenvalue weighted by Gasteiger charge is -2.32. The van der Waals surface area contributed by atoms with Gasteiger partial charge in [-0.05, 0) is 17.4 Å². The van der Waals surface area contributed by atoms with Crippen molar-refractivity contribution in [3.8, 4) is 0 Å². The van der Waals surface area contributed by atoms with Crippen molar-refractivity contribution in [1.82, 2.24) is 0 Å². The molecule has 2 atom stereocenters. The summed E-state index contributed by atoms with van der Waals surface area (Å²) in [5.41, 5.74) is 1.24. The van der Waals surface area contributed by atoms with Gasteiger partial charge in [0.05, 0.1) is 0 Å². The molecular weight excluding hydrogens is 224 g/mol. The summed E-state index contributed by atoms with van der Waals surface area (Å²) >= 11 is 0. The van der Waals surface area contributed by atoms with Crippen molar-refractivity contribution in [3.63, 3.8) is 0 Å². The van der Waals surface area contributed by atoms with Crippen molar-refractivity contribution in [2.75, 3.05) is 0 Å². The van der Waals surface area contributed by atoms with E-state index >= 15 is 0 Å². The first kappa shape index (κ1) is 14.7. The molecule has 0 amide bonds. The molecule has 1 rings (SSSR count). The Labute approximate surface area is 110 Å². The minimum atomic E-state index is -0.199. The van der Waals surface area contributed by atoms with Crippen LogP contribution in [0.3, 0.4) is 0 Å². The van der Waals surface area contributed by atoms with E-state index in [9.17, 15) is 4.79 Å². The van der Waals surface area contributed by atoms with Gasteiger partial charge in [0.25, 0.3) is 0 Å². The summed E-state index contributed by atoms with van der Waals surface area (Å²) in [4.78, 5) is 11.3. The molecule has 2 nitrogen and oxygen atoms in total. The van der Waals surface area contributed by atoms with E-state index < -0.39 is 0 Å². The van der Waals surface area contributed by atoms with Crippen LogP contribution in [0, 0.1) is 11.8 Å². The largest absolute Gasteiger partial charge is 0.462 e. The molecule has 1 aromatic rings. The first-order chi connectivity index (χ1) is 8.43. The zero-order chi connectivity index (χ0) is 13.7. The van der Waals surface area contributed by atoms with Crippen molar-refractivity contribution in [2.24, 2.45) is 11.8 Å². The fourth-order valence-corrected chi connectivity index (χ4v) is 2.44. The predicted octanol–water partition coefficient (Wildman–Crippen LogP) is 4.01. The molecule has 0 spiro atoms. The van der Waals surface area contributed by atoms with Crippen LogP contribution in [0.5, 0.6) is 0 Å². The Morgan fingerprint density at radius 3 is 1.94 bits per heavy atom. The Morgan fingerprint density at radius 2 is 1.56 bits per heavy atom. The number of benzene rings is 1. The van der Waals surface area contributed by atoms with Crippen LogP contribution < -0.4 is 0 Å². The number of esters is 1. The number of carbonyl (C=O) groups is 1. The lowest BCUT2D eigenvalue weighted by atomic mass is 9.79. The van der Waals surface area contributed by atoms with Crippen molar-refractivity contribution < 1.29 is 9.53 Å². The summed E-state index contributed by atoms with van der Waals surface area (Å²) in [6.45, 7) is 10.0. The third kappa shape index (κ3) is 3.86. The van der Waals surface area contributed by atoms with E-state index in [2.05, 4.69) is 39.8 Å². The van der Waals surface area contributed by atoms with Crippen molar-refractivity contribution in [3.05, 3.63) is 35.9 Å². The van der Waals surface area contributed by atoms with Gasteiger partial charge in [-0.1, -0.05) is 58.0 Å². The average molecular weight is 248 g/mol. The molecule has 0 aliphatic rings. The molecular formula is C16H24O2. The molecule has 0 aromatic heterocycles. The molecule has 0 unspecified atom stereocenters. The van der Waals surface area contributed by atoms with Gasteiger partial charge >= 0.3 is 5.97 Å². The Hall–Kier alpha value is -1.31. The summed E-state index contributed by atoms with van der Waals surface area (Å²) in [5.74, 6) is 0.783. The van der Waals surface area contributed by atoms with Crippen LogP contribution in [0.15, 0.2) is 30.3 Å². The highest BCUT2D eigenvalue weighted by Gasteiger charge is 2.30. The fraction of sp³-hybridized carbons (Fsp3) is 0.562. The third-order valence-electron chi connectivity index (χ3n) is 3.22. The molecule has 0 saturated carbocycles. The lowest BCUT2D eigenvalue weighted by molar-refractivity contribution is -0.150. The van der Waals surface area contributed by atoms with Crippen LogP contribution in [0.2, 0.25) is 0 Å². The van der Waals surface area contributed by atoms with Crippen LogP contribution in [0.1, 0.15) is 46.1 Å². The lowest BCUT2D eigenvalue weighted by Crippen LogP contribution is -2.32. The van der Waals surface area contributed by atoms with Crippen LogP contribution in [0.25, 0.3) is 0 Å². The smallest absolute Gasteiger partial charge is 0.302 e. The van der Waals surface area contributed by atoms with Gasteiger partial charge in [-0.25, -0.2) is 0 Å². The molecule has 0 bridgehead atoms. The molecule has 0 radical (unpaired) electrons. The summed E-state index contributed by atoms with van der Waals surface area (Å²) < 4.78 is 5.55. The third-order valence-corrected chi connectivity index (χ3v) is 3.22. The zero-order valence-corrected chi connectivity index (χ0v) is 12.0. The van der Waals surface area contributed by atoms with Crippen molar-refractivity contribution >= 4 is 5.97 Å². The number of ether oxygens (including phenoxy) is 1. The van der Waals surface area contributed by atoms with Crippen LogP contribution >= 0.6 is 0 Å². The molecule has 18 heavy (non-hydrogen) atoms. The van der Waals surface area contributed by atoms with Gasteiger partial charge in [0, 0.05) is 12.8 Å². The van der Waals surface area contributed by atoms with E-state index in [1.54, 1.807) is 0 Å². The standard InChI is InChI=1S/C16H24O2/c1-11(2)15(14-9-7-6-8-10-14)16(12(3)4)18-13(5)17/h6-12,15-16H,1-5H3/t15-,16+/m0/s1. The van der Waals surface area contributed by atoms with E-state index in [-0.39, 0.29) is 18.0 Å². The van der Waals surface area contributed by atoms with E-state index in [0.717, 1.165) is 0 Å². The maximum atomic E-state index is 11.3. The van der Waals surface area contributed by atoms with E-state index in [4.69, 9.17) is 4.74 Å². The van der Waals surface area contributed by atoms with Gasteiger partial charge in [-0.15, -0.1) is 0 Å². The van der Waals surface area contributed by atoms with Gasteiger partial charge in [-0.3, -0.25) is 4.79 Å². The molecule has 0 aliphatic heterocycles. The first-order valence-corrected chi connectivity index (χ1v) is 6.65. The van der Waals surface area contributed by atoms with Crippen LogP contribution in [-0.2, 0) is 9.53 Å². The second kappa shape index (κ2) is 6.58. The van der Waals surface area contributed by atoms with Crippen LogP contribution in [-0.4, -0.2) is 12.1 Å².